The molecule has 29 heavy (non-hydrogen) atoms. The third-order valence-electron chi connectivity index (χ3n) is 3.70. The molecule has 0 aliphatic heterocycles. The van der Waals surface area contributed by atoms with Crippen LogP contribution in [-0.4, -0.2) is 36.7 Å². The number of hydrogen-bond donors (Lipinski definition) is 3. The van der Waals surface area contributed by atoms with Crippen LogP contribution < -0.4 is 15.8 Å². The number of nitrogens with two attached hydrogens (primary N) is 1. The van der Waals surface area contributed by atoms with Crippen LogP contribution in [0.2, 0.25) is 0 Å². The topological polar surface area (TPSA) is 132 Å². The molecule has 0 spiro atoms. The first-order chi connectivity index (χ1) is 13.5. The molecule has 4 N–H and O–H groups in total. The fourth-order valence-corrected chi connectivity index (χ4v) is 2.26. The van der Waals surface area contributed by atoms with Gasteiger partial charge in [0.25, 0.3) is 10.1 Å². The predicted octanol–water partition coefficient (Wildman–Crippen LogP) is 2.92. The van der Waals surface area contributed by atoms with Crippen molar-refractivity contribution in [3.63, 3.8) is 0 Å². The van der Waals surface area contributed by atoms with E-state index in [1.54, 1.807) is 12.1 Å². The highest BCUT2D eigenvalue weighted by atomic mass is 32.2. The highest BCUT2D eigenvalue weighted by Gasteiger charge is 2.06. The molecule has 0 saturated carbocycles. The standard InChI is InChI=1S/C19H25N3O2.CH4O3S/c1-13(2)8-9-21-11-15-4-6-17(14(3)10-15)24-18-7-5-16(12-22-18)19(20)23;1-5(2,3)4/h4-7,10,12-13,21H,8-9,11H2,1-3H3,(H2,20,23);1H3,(H,2,3,4). The van der Waals surface area contributed by atoms with Crippen molar-refractivity contribution >= 4 is 16.0 Å². The molecule has 1 heterocycles. The second kappa shape index (κ2) is 11.5. The maximum absolute atomic E-state index is 11.0. The summed E-state index contributed by atoms with van der Waals surface area (Å²) in [7, 11) is -3.67. The average molecular weight is 424 g/mol. The Morgan fingerprint density at radius 2 is 1.93 bits per heavy atom. The molecule has 1 amide bonds. The molecule has 0 aliphatic rings. The second-order valence-corrected chi connectivity index (χ2v) is 8.51. The SMILES string of the molecule is CS(=O)(=O)O.Cc1cc(CNCCC(C)C)ccc1Oc1ccc(C(N)=O)cn1. The summed E-state index contributed by atoms with van der Waals surface area (Å²) < 4.78 is 31.6. The zero-order valence-corrected chi connectivity index (χ0v) is 18.0. The molecular formula is C20H29N3O5S. The summed E-state index contributed by atoms with van der Waals surface area (Å²) >= 11 is 0. The Hall–Kier alpha value is -2.49. The number of pyridine rings is 1. The number of amides is 1. The monoisotopic (exact) mass is 423 g/mol. The van der Waals surface area contributed by atoms with E-state index in [2.05, 4.69) is 30.2 Å². The van der Waals surface area contributed by atoms with Crippen molar-refractivity contribution in [3.05, 3.63) is 53.2 Å². The van der Waals surface area contributed by atoms with Gasteiger partial charge in [-0.2, -0.15) is 8.42 Å². The van der Waals surface area contributed by atoms with E-state index in [1.807, 2.05) is 19.1 Å². The maximum Gasteiger partial charge on any atom is 0.261 e. The van der Waals surface area contributed by atoms with Gasteiger partial charge in [0.05, 0.1) is 11.8 Å². The molecule has 1 aromatic carbocycles. The van der Waals surface area contributed by atoms with Gasteiger partial charge in [0, 0.05) is 18.8 Å². The summed E-state index contributed by atoms with van der Waals surface area (Å²) in [6.45, 7) is 8.32. The van der Waals surface area contributed by atoms with Crippen LogP contribution in [0.5, 0.6) is 11.6 Å². The quantitative estimate of drug-likeness (QED) is 0.439. The zero-order valence-electron chi connectivity index (χ0n) is 17.2. The first-order valence-corrected chi connectivity index (χ1v) is 11.0. The van der Waals surface area contributed by atoms with Gasteiger partial charge in [-0.1, -0.05) is 26.0 Å². The van der Waals surface area contributed by atoms with E-state index < -0.39 is 16.0 Å². The van der Waals surface area contributed by atoms with Crippen molar-refractivity contribution in [2.24, 2.45) is 11.7 Å². The number of ether oxygens (including phenoxy) is 1. The van der Waals surface area contributed by atoms with Gasteiger partial charge in [0.1, 0.15) is 5.75 Å². The number of nitrogens with one attached hydrogen (secondary N) is 1. The molecule has 0 aliphatic carbocycles. The van der Waals surface area contributed by atoms with Crippen LogP contribution in [0.1, 0.15) is 41.8 Å². The summed E-state index contributed by atoms with van der Waals surface area (Å²) in [6, 6.07) is 9.34. The fourth-order valence-electron chi connectivity index (χ4n) is 2.26. The number of benzene rings is 1. The minimum absolute atomic E-state index is 0.363. The van der Waals surface area contributed by atoms with Gasteiger partial charge >= 0.3 is 0 Å². The summed E-state index contributed by atoms with van der Waals surface area (Å²) in [5.41, 5.74) is 7.82. The molecule has 1 aromatic heterocycles. The van der Waals surface area contributed by atoms with Crippen LogP contribution in [-0.2, 0) is 16.7 Å². The van der Waals surface area contributed by atoms with Gasteiger partial charge in [-0.05, 0) is 49.1 Å². The lowest BCUT2D eigenvalue weighted by molar-refractivity contribution is 0.1000. The van der Waals surface area contributed by atoms with Crippen LogP contribution >= 0.6 is 0 Å². The minimum Gasteiger partial charge on any atom is -0.439 e. The van der Waals surface area contributed by atoms with Gasteiger partial charge < -0.3 is 15.8 Å². The molecule has 2 aromatic rings. The summed E-state index contributed by atoms with van der Waals surface area (Å²) in [4.78, 5) is 15.1. The molecule has 0 radical (unpaired) electrons. The van der Waals surface area contributed by atoms with Gasteiger partial charge in [-0.25, -0.2) is 4.98 Å². The summed E-state index contributed by atoms with van der Waals surface area (Å²) in [6.07, 6.45) is 3.31. The van der Waals surface area contributed by atoms with Crippen LogP contribution in [0.3, 0.4) is 0 Å². The number of carbonyl (C=O) groups is 1. The van der Waals surface area contributed by atoms with Crippen molar-refractivity contribution in [2.45, 2.75) is 33.7 Å². The van der Waals surface area contributed by atoms with E-state index in [1.165, 1.54) is 18.2 Å². The maximum atomic E-state index is 11.0. The lowest BCUT2D eigenvalue weighted by atomic mass is 10.1. The second-order valence-electron chi connectivity index (χ2n) is 7.04. The molecule has 8 nitrogen and oxygen atoms in total. The van der Waals surface area contributed by atoms with Crippen LogP contribution in [0.15, 0.2) is 36.5 Å². The Morgan fingerprint density at radius 3 is 2.41 bits per heavy atom. The van der Waals surface area contributed by atoms with Crippen LogP contribution in [0.25, 0.3) is 0 Å². The lowest BCUT2D eigenvalue weighted by Gasteiger charge is -2.11. The first-order valence-electron chi connectivity index (χ1n) is 9.12. The highest BCUT2D eigenvalue weighted by molar-refractivity contribution is 7.85. The number of nitrogens with zero attached hydrogens (tertiary/aromatic N) is 1. The Labute approximate surface area is 172 Å². The van der Waals surface area contributed by atoms with Crippen molar-refractivity contribution in [2.75, 3.05) is 12.8 Å². The molecular weight excluding hydrogens is 394 g/mol. The predicted molar refractivity (Wildman–Crippen MR) is 113 cm³/mol. The normalized spacial score (nSPS) is 11.0. The summed E-state index contributed by atoms with van der Waals surface area (Å²) in [5.74, 6) is 1.40. The Kier molecular flexibility index (Phi) is 9.73. The number of rotatable bonds is 8. The first kappa shape index (κ1) is 24.5. The lowest BCUT2D eigenvalue weighted by Crippen LogP contribution is -2.16. The Balaban J connectivity index is 0.000000749. The Bertz CT molecular complexity index is 889. The summed E-state index contributed by atoms with van der Waals surface area (Å²) in [5, 5.41) is 3.45. The van der Waals surface area contributed by atoms with Gasteiger partial charge in [0.2, 0.25) is 11.8 Å². The number of hydrogen-bond acceptors (Lipinski definition) is 6. The zero-order chi connectivity index (χ0) is 22.0. The van der Waals surface area contributed by atoms with Gasteiger partial charge in [0.15, 0.2) is 0 Å². The van der Waals surface area contributed by atoms with Crippen molar-refractivity contribution in [3.8, 4) is 11.6 Å². The number of aryl methyl sites for hydroxylation is 1. The minimum atomic E-state index is -3.67. The van der Waals surface area contributed by atoms with Crippen LogP contribution in [0.4, 0.5) is 0 Å². The Morgan fingerprint density at radius 1 is 1.28 bits per heavy atom. The van der Waals surface area contributed by atoms with E-state index in [-0.39, 0.29) is 0 Å². The molecule has 0 bridgehead atoms. The molecule has 0 atom stereocenters. The fraction of sp³-hybridized carbons (Fsp3) is 0.400. The average Bonchev–Trinajstić information content (AvgIpc) is 2.60. The highest BCUT2D eigenvalue weighted by Crippen LogP contribution is 2.24. The molecule has 0 unspecified atom stereocenters. The van der Waals surface area contributed by atoms with Crippen molar-refractivity contribution in [1.82, 2.24) is 10.3 Å². The van der Waals surface area contributed by atoms with E-state index in [9.17, 15) is 13.2 Å². The van der Waals surface area contributed by atoms with E-state index in [0.29, 0.717) is 23.6 Å². The van der Waals surface area contributed by atoms with E-state index in [0.717, 1.165) is 24.4 Å². The van der Waals surface area contributed by atoms with E-state index in [4.69, 9.17) is 15.0 Å². The molecule has 9 heteroatoms. The number of carbonyl (C=O) groups excluding carboxylic acids is 1. The largest absolute Gasteiger partial charge is 0.439 e. The smallest absolute Gasteiger partial charge is 0.261 e. The number of aromatic nitrogens is 1. The molecule has 2 rings (SSSR count). The van der Waals surface area contributed by atoms with Crippen molar-refractivity contribution < 1.29 is 22.5 Å². The molecule has 0 saturated heterocycles. The molecule has 160 valence electrons. The third kappa shape index (κ3) is 11.2. The van der Waals surface area contributed by atoms with Gasteiger partial charge in [-0.3, -0.25) is 9.35 Å². The van der Waals surface area contributed by atoms with Gasteiger partial charge in [-0.15, -0.1) is 0 Å². The van der Waals surface area contributed by atoms with Crippen LogP contribution in [0, 0.1) is 12.8 Å². The number of primary amides is 1. The van der Waals surface area contributed by atoms with E-state index >= 15 is 0 Å². The molecule has 0 fully saturated rings. The van der Waals surface area contributed by atoms with Crippen molar-refractivity contribution in [1.29, 1.82) is 0 Å². The third-order valence-corrected chi connectivity index (χ3v) is 3.70.